The van der Waals surface area contributed by atoms with Crippen LogP contribution in [0.2, 0.25) is 0 Å². The number of halogens is 3. The van der Waals surface area contributed by atoms with Crippen LogP contribution in [0.25, 0.3) is 0 Å². The quantitative estimate of drug-likeness (QED) is 0.645. The van der Waals surface area contributed by atoms with Gasteiger partial charge in [0, 0.05) is 10.7 Å². The number of alkyl halides is 1. The summed E-state index contributed by atoms with van der Waals surface area (Å²) in [4.78, 5) is 0. The average molecular weight is 401 g/mol. The van der Waals surface area contributed by atoms with E-state index in [2.05, 4.69) is 61.6 Å². The van der Waals surface area contributed by atoms with Crippen molar-refractivity contribution in [2.45, 2.75) is 13.8 Å². The van der Waals surface area contributed by atoms with Gasteiger partial charge in [0.2, 0.25) is 0 Å². The fourth-order valence-corrected chi connectivity index (χ4v) is 2.32. The minimum absolute atomic E-state index is 0.134. The molecular formula is C11H13Br3O. The highest BCUT2D eigenvalue weighted by atomic mass is 79.9. The lowest BCUT2D eigenvalue weighted by molar-refractivity contribution is 0.201. The average Bonchev–Trinajstić information content (AvgIpc) is 2.17. The normalized spacial score (nSPS) is 11.5. The maximum atomic E-state index is 5.80. The van der Waals surface area contributed by atoms with Gasteiger partial charge in [-0.15, -0.1) is 0 Å². The van der Waals surface area contributed by atoms with Crippen molar-refractivity contribution in [2.24, 2.45) is 5.41 Å². The first-order valence-electron chi connectivity index (χ1n) is 4.59. The molecule has 1 aromatic carbocycles. The molecule has 0 amide bonds. The zero-order chi connectivity index (χ0) is 11.5. The lowest BCUT2D eigenvalue weighted by atomic mass is 9.98. The van der Waals surface area contributed by atoms with Gasteiger partial charge in [0.15, 0.2) is 0 Å². The summed E-state index contributed by atoms with van der Waals surface area (Å²) in [6.45, 7) is 5.00. The molecule has 1 rings (SSSR count). The molecule has 0 atom stereocenters. The summed E-state index contributed by atoms with van der Waals surface area (Å²) in [6.07, 6.45) is 0. The van der Waals surface area contributed by atoms with E-state index in [1.54, 1.807) is 0 Å². The first kappa shape index (κ1) is 13.5. The number of hydrogen-bond acceptors (Lipinski definition) is 1. The lowest BCUT2D eigenvalue weighted by Gasteiger charge is -2.22. The fourth-order valence-electron chi connectivity index (χ4n) is 0.927. The van der Waals surface area contributed by atoms with E-state index in [0.29, 0.717) is 6.61 Å². The van der Waals surface area contributed by atoms with Crippen LogP contribution in [0.15, 0.2) is 27.1 Å². The van der Waals surface area contributed by atoms with Gasteiger partial charge < -0.3 is 4.74 Å². The number of benzene rings is 1. The molecule has 0 spiro atoms. The van der Waals surface area contributed by atoms with Crippen molar-refractivity contribution < 1.29 is 4.74 Å². The second-order valence-corrected chi connectivity index (χ2v) is 6.41. The summed E-state index contributed by atoms with van der Waals surface area (Å²) in [6, 6.07) is 5.92. The zero-order valence-electron chi connectivity index (χ0n) is 8.69. The van der Waals surface area contributed by atoms with E-state index in [1.165, 1.54) is 0 Å². The number of para-hydroxylation sites is 1. The molecule has 0 N–H and O–H groups in total. The lowest BCUT2D eigenvalue weighted by Crippen LogP contribution is -2.23. The zero-order valence-corrected chi connectivity index (χ0v) is 13.4. The van der Waals surface area contributed by atoms with Gasteiger partial charge in [-0.3, -0.25) is 0 Å². The smallest absolute Gasteiger partial charge is 0.147 e. The molecule has 0 aliphatic carbocycles. The molecule has 0 aliphatic heterocycles. The number of ether oxygens (including phenoxy) is 1. The van der Waals surface area contributed by atoms with Crippen LogP contribution in [0.5, 0.6) is 5.75 Å². The SMILES string of the molecule is CC(C)(CBr)COc1c(Br)cccc1Br. The topological polar surface area (TPSA) is 9.23 Å². The highest BCUT2D eigenvalue weighted by molar-refractivity contribution is 9.11. The first-order valence-corrected chi connectivity index (χ1v) is 7.30. The van der Waals surface area contributed by atoms with Crippen LogP contribution in [-0.2, 0) is 0 Å². The van der Waals surface area contributed by atoms with E-state index >= 15 is 0 Å². The summed E-state index contributed by atoms with van der Waals surface area (Å²) < 4.78 is 7.75. The molecule has 0 unspecified atom stereocenters. The van der Waals surface area contributed by atoms with Crippen molar-refractivity contribution in [3.05, 3.63) is 27.1 Å². The maximum Gasteiger partial charge on any atom is 0.147 e. The second-order valence-electron chi connectivity index (χ2n) is 4.14. The highest BCUT2D eigenvalue weighted by Crippen LogP contribution is 2.34. The summed E-state index contributed by atoms with van der Waals surface area (Å²) in [5, 5.41) is 0.919. The molecule has 15 heavy (non-hydrogen) atoms. The Labute approximate surface area is 116 Å². The van der Waals surface area contributed by atoms with Crippen LogP contribution < -0.4 is 4.74 Å². The Hall–Kier alpha value is 0.460. The van der Waals surface area contributed by atoms with E-state index in [-0.39, 0.29) is 5.41 Å². The second kappa shape index (κ2) is 5.69. The van der Waals surface area contributed by atoms with E-state index in [1.807, 2.05) is 18.2 Å². The summed E-state index contributed by atoms with van der Waals surface area (Å²) in [5.74, 6) is 0.867. The van der Waals surface area contributed by atoms with Crippen molar-refractivity contribution in [1.29, 1.82) is 0 Å². The fraction of sp³-hybridized carbons (Fsp3) is 0.455. The molecule has 1 nitrogen and oxygen atoms in total. The molecule has 0 fully saturated rings. The Morgan fingerprint density at radius 2 is 1.73 bits per heavy atom. The molecule has 0 heterocycles. The Morgan fingerprint density at radius 3 is 2.20 bits per heavy atom. The van der Waals surface area contributed by atoms with Crippen LogP contribution in [0.4, 0.5) is 0 Å². The molecular weight excluding hydrogens is 388 g/mol. The molecule has 0 bridgehead atoms. The van der Waals surface area contributed by atoms with E-state index in [4.69, 9.17) is 4.74 Å². The Morgan fingerprint density at radius 1 is 1.20 bits per heavy atom. The van der Waals surface area contributed by atoms with Crippen LogP contribution in [0, 0.1) is 5.41 Å². The van der Waals surface area contributed by atoms with Crippen molar-refractivity contribution in [1.82, 2.24) is 0 Å². The van der Waals surface area contributed by atoms with Gasteiger partial charge in [-0.05, 0) is 44.0 Å². The van der Waals surface area contributed by atoms with Gasteiger partial charge >= 0.3 is 0 Å². The van der Waals surface area contributed by atoms with Gasteiger partial charge in [0.25, 0.3) is 0 Å². The van der Waals surface area contributed by atoms with Crippen molar-refractivity contribution >= 4 is 47.8 Å². The van der Waals surface area contributed by atoms with Crippen LogP contribution in [-0.4, -0.2) is 11.9 Å². The van der Waals surface area contributed by atoms with Crippen molar-refractivity contribution in [2.75, 3.05) is 11.9 Å². The van der Waals surface area contributed by atoms with Gasteiger partial charge in [-0.1, -0.05) is 35.8 Å². The molecule has 0 aromatic heterocycles. The summed E-state index contributed by atoms with van der Waals surface area (Å²) in [7, 11) is 0. The number of hydrogen-bond donors (Lipinski definition) is 0. The van der Waals surface area contributed by atoms with E-state index in [0.717, 1.165) is 20.0 Å². The summed E-state index contributed by atoms with van der Waals surface area (Å²) >= 11 is 10.4. The minimum Gasteiger partial charge on any atom is -0.491 e. The van der Waals surface area contributed by atoms with E-state index < -0.39 is 0 Å². The number of rotatable bonds is 4. The minimum atomic E-state index is 0.134. The van der Waals surface area contributed by atoms with E-state index in [9.17, 15) is 0 Å². The summed E-state index contributed by atoms with van der Waals surface area (Å²) in [5.41, 5.74) is 0.134. The Bertz CT molecular complexity index is 316. The van der Waals surface area contributed by atoms with Gasteiger partial charge in [0.05, 0.1) is 15.6 Å². The van der Waals surface area contributed by atoms with Gasteiger partial charge in [-0.25, -0.2) is 0 Å². The molecule has 0 saturated carbocycles. The third-order valence-corrected chi connectivity index (χ3v) is 4.65. The van der Waals surface area contributed by atoms with Gasteiger partial charge in [0.1, 0.15) is 5.75 Å². The molecule has 1 aromatic rings. The monoisotopic (exact) mass is 398 g/mol. The predicted molar refractivity (Wildman–Crippen MR) is 74.9 cm³/mol. The maximum absolute atomic E-state index is 5.80. The first-order chi connectivity index (χ1) is 6.96. The predicted octanol–water partition coefficient (Wildman–Crippen LogP) is 5.01. The van der Waals surface area contributed by atoms with Crippen LogP contribution in [0.1, 0.15) is 13.8 Å². The Balaban J connectivity index is 2.73. The molecule has 0 aliphatic rings. The largest absolute Gasteiger partial charge is 0.491 e. The van der Waals surface area contributed by atoms with Crippen LogP contribution in [0.3, 0.4) is 0 Å². The van der Waals surface area contributed by atoms with Crippen molar-refractivity contribution in [3.63, 3.8) is 0 Å². The van der Waals surface area contributed by atoms with Gasteiger partial charge in [-0.2, -0.15) is 0 Å². The van der Waals surface area contributed by atoms with Crippen LogP contribution >= 0.6 is 47.8 Å². The highest BCUT2D eigenvalue weighted by Gasteiger charge is 2.18. The third kappa shape index (κ3) is 4.08. The standard InChI is InChI=1S/C11H13Br3O/c1-11(2,6-12)7-15-10-8(13)4-3-5-9(10)14/h3-5H,6-7H2,1-2H3. The van der Waals surface area contributed by atoms with Crippen molar-refractivity contribution in [3.8, 4) is 5.75 Å². The molecule has 0 saturated heterocycles. The third-order valence-electron chi connectivity index (χ3n) is 1.89. The molecule has 4 heteroatoms. The molecule has 0 radical (unpaired) electrons. The molecule has 84 valence electrons. The Kier molecular flexibility index (Phi) is 5.13.